The van der Waals surface area contributed by atoms with Crippen LogP contribution in [0.15, 0.2) is 72.9 Å². The van der Waals surface area contributed by atoms with Crippen LogP contribution in [-0.2, 0) is 0 Å². The standard InChI is InChI=1S/C22H19N3O2/c1-15-8-13-19-23-20(16-6-4-3-5-7-16)21(25(19)14-15)24-22(26)17-9-11-18(27-2)12-10-17/h3-14H,1-2H3,(H,24,26). The second-order valence-corrected chi connectivity index (χ2v) is 6.29. The van der Waals surface area contributed by atoms with Gasteiger partial charge < -0.3 is 10.1 Å². The van der Waals surface area contributed by atoms with Crippen LogP contribution in [0.5, 0.6) is 5.75 Å². The highest BCUT2D eigenvalue weighted by Crippen LogP contribution is 2.29. The molecule has 0 unspecified atom stereocenters. The Labute approximate surface area is 157 Å². The number of pyridine rings is 1. The molecule has 1 amide bonds. The minimum absolute atomic E-state index is 0.196. The van der Waals surface area contributed by atoms with Crippen molar-refractivity contribution in [1.29, 1.82) is 0 Å². The number of nitrogens with one attached hydrogen (secondary N) is 1. The van der Waals surface area contributed by atoms with Crippen molar-refractivity contribution >= 4 is 17.4 Å². The van der Waals surface area contributed by atoms with Crippen LogP contribution in [-0.4, -0.2) is 22.4 Å². The first-order chi connectivity index (χ1) is 13.2. The second kappa shape index (κ2) is 6.96. The summed E-state index contributed by atoms with van der Waals surface area (Å²) in [5.41, 5.74) is 4.10. The molecule has 2 aromatic carbocycles. The van der Waals surface area contributed by atoms with Gasteiger partial charge in [-0.3, -0.25) is 9.20 Å². The SMILES string of the molecule is COc1ccc(C(=O)Nc2c(-c3ccccc3)nc3ccc(C)cn23)cc1. The number of ether oxygens (including phenoxy) is 1. The number of carbonyl (C=O) groups is 1. The molecule has 0 fully saturated rings. The average molecular weight is 357 g/mol. The van der Waals surface area contributed by atoms with Crippen LogP contribution in [0.1, 0.15) is 15.9 Å². The van der Waals surface area contributed by atoms with E-state index in [0.29, 0.717) is 17.1 Å². The van der Waals surface area contributed by atoms with Gasteiger partial charge in [0.15, 0.2) is 0 Å². The lowest BCUT2D eigenvalue weighted by Crippen LogP contribution is -2.14. The Morgan fingerprint density at radius 1 is 1.00 bits per heavy atom. The summed E-state index contributed by atoms with van der Waals surface area (Å²) in [6, 6.07) is 20.8. The van der Waals surface area contributed by atoms with Gasteiger partial charge in [-0.1, -0.05) is 36.4 Å². The number of hydrogen-bond donors (Lipinski definition) is 1. The maximum absolute atomic E-state index is 12.8. The largest absolute Gasteiger partial charge is 0.497 e. The van der Waals surface area contributed by atoms with Crippen molar-refractivity contribution in [3.8, 4) is 17.0 Å². The predicted octanol–water partition coefficient (Wildman–Crippen LogP) is 4.57. The number of benzene rings is 2. The molecule has 0 spiro atoms. The third-order valence-electron chi connectivity index (χ3n) is 4.40. The molecule has 4 aromatic rings. The van der Waals surface area contributed by atoms with E-state index in [2.05, 4.69) is 5.32 Å². The maximum Gasteiger partial charge on any atom is 0.256 e. The van der Waals surface area contributed by atoms with Gasteiger partial charge in [-0.2, -0.15) is 0 Å². The van der Waals surface area contributed by atoms with E-state index in [4.69, 9.17) is 9.72 Å². The van der Waals surface area contributed by atoms with E-state index in [1.165, 1.54) is 0 Å². The Kier molecular flexibility index (Phi) is 4.34. The van der Waals surface area contributed by atoms with Gasteiger partial charge in [0, 0.05) is 17.3 Å². The zero-order chi connectivity index (χ0) is 18.8. The van der Waals surface area contributed by atoms with Crippen LogP contribution in [0.3, 0.4) is 0 Å². The van der Waals surface area contributed by atoms with Gasteiger partial charge in [-0.15, -0.1) is 0 Å². The molecule has 5 nitrogen and oxygen atoms in total. The summed E-state index contributed by atoms with van der Waals surface area (Å²) in [5.74, 6) is 1.17. The van der Waals surface area contributed by atoms with Crippen LogP contribution in [0.4, 0.5) is 5.82 Å². The lowest BCUT2D eigenvalue weighted by molar-refractivity contribution is 0.102. The first-order valence-electron chi connectivity index (χ1n) is 8.65. The molecule has 0 bridgehead atoms. The van der Waals surface area contributed by atoms with Gasteiger partial charge in [0.1, 0.15) is 22.9 Å². The van der Waals surface area contributed by atoms with Crippen LogP contribution in [0, 0.1) is 6.92 Å². The Morgan fingerprint density at radius 3 is 2.44 bits per heavy atom. The van der Waals surface area contributed by atoms with E-state index in [1.54, 1.807) is 31.4 Å². The normalized spacial score (nSPS) is 10.7. The van der Waals surface area contributed by atoms with E-state index >= 15 is 0 Å². The molecule has 0 aliphatic rings. The summed E-state index contributed by atoms with van der Waals surface area (Å²) in [6.07, 6.45) is 1.97. The maximum atomic E-state index is 12.8. The van der Waals surface area contributed by atoms with E-state index < -0.39 is 0 Å². The number of rotatable bonds is 4. The fourth-order valence-electron chi connectivity index (χ4n) is 2.99. The molecular weight excluding hydrogens is 338 g/mol. The van der Waals surface area contributed by atoms with E-state index in [1.807, 2.05) is 60.0 Å². The Balaban J connectivity index is 1.79. The zero-order valence-corrected chi connectivity index (χ0v) is 15.1. The van der Waals surface area contributed by atoms with Crippen molar-refractivity contribution in [1.82, 2.24) is 9.38 Å². The molecule has 2 heterocycles. The van der Waals surface area contributed by atoms with Crippen molar-refractivity contribution in [3.63, 3.8) is 0 Å². The number of nitrogens with zero attached hydrogens (tertiary/aromatic N) is 2. The minimum atomic E-state index is -0.196. The van der Waals surface area contributed by atoms with Crippen molar-refractivity contribution in [2.75, 3.05) is 12.4 Å². The molecular formula is C22H19N3O2. The number of amides is 1. The third kappa shape index (κ3) is 3.27. The topological polar surface area (TPSA) is 55.6 Å². The molecule has 27 heavy (non-hydrogen) atoms. The quantitative estimate of drug-likeness (QED) is 0.582. The molecule has 0 saturated carbocycles. The lowest BCUT2D eigenvalue weighted by atomic mass is 10.1. The van der Waals surface area contributed by atoms with Gasteiger partial charge in [-0.05, 0) is 42.8 Å². The summed E-state index contributed by atoms with van der Waals surface area (Å²) in [5, 5.41) is 3.03. The van der Waals surface area contributed by atoms with Gasteiger partial charge in [0.05, 0.1) is 7.11 Å². The molecule has 134 valence electrons. The smallest absolute Gasteiger partial charge is 0.256 e. The van der Waals surface area contributed by atoms with Crippen molar-refractivity contribution in [2.24, 2.45) is 0 Å². The summed E-state index contributed by atoms with van der Waals surface area (Å²) in [6.45, 7) is 2.01. The number of aromatic nitrogens is 2. The van der Waals surface area contributed by atoms with Gasteiger partial charge in [0.25, 0.3) is 5.91 Å². The number of hydrogen-bond acceptors (Lipinski definition) is 3. The highest BCUT2D eigenvalue weighted by atomic mass is 16.5. The number of aryl methyl sites for hydroxylation is 1. The number of carbonyl (C=O) groups excluding carboxylic acids is 1. The first-order valence-corrected chi connectivity index (χ1v) is 8.65. The van der Waals surface area contributed by atoms with Crippen LogP contribution in [0.25, 0.3) is 16.9 Å². The summed E-state index contributed by atoms with van der Waals surface area (Å²) < 4.78 is 7.07. The van der Waals surface area contributed by atoms with Gasteiger partial charge in [0.2, 0.25) is 0 Å². The third-order valence-corrected chi connectivity index (χ3v) is 4.40. The average Bonchev–Trinajstić information content (AvgIpc) is 3.06. The molecule has 4 rings (SSSR count). The number of fused-ring (bicyclic) bond motifs is 1. The second-order valence-electron chi connectivity index (χ2n) is 6.29. The van der Waals surface area contributed by atoms with Crippen LogP contribution >= 0.6 is 0 Å². The van der Waals surface area contributed by atoms with Gasteiger partial charge >= 0.3 is 0 Å². The summed E-state index contributed by atoms with van der Waals surface area (Å²) >= 11 is 0. The van der Waals surface area contributed by atoms with Crippen LogP contribution in [0.2, 0.25) is 0 Å². The van der Waals surface area contributed by atoms with Crippen LogP contribution < -0.4 is 10.1 Å². The number of anilines is 1. The fraction of sp³-hybridized carbons (Fsp3) is 0.0909. The number of methoxy groups -OCH3 is 1. The molecule has 0 aliphatic heterocycles. The van der Waals surface area contributed by atoms with Crippen molar-refractivity contribution in [3.05, 3.63) is 84.1 Å². The molecule has 0 atom stereocenters. The number of imidazole rings is 1. The monoisotopic (exact) mass is 357 g/mol. The molecule has 5 heteroatoms. The zero-order valence-electron chi connectivity index (χ0n) is 15.1. The van der Waals surface area contributed by atoms with E-state index in [9.17, 15) is 4.79 Å². The molecule has 0 radical (unpaired) electrons. The highest BCUT2D eigenvalue weighted by Gasteiger charge is 2.17. The minimum Gasteiger partial charge on any atom is -0.497 e. The first kappa shape index (κ1) is 16.8. The van der Waals surface area contributed by atoms with Crippen molar-refractivity contribution in [2.45, 2.75) is 6.92 Å². The molecule has 1 N–H and O–H groups in total. The molecule has 0 aliphatic carbocycles. The summed E-state index contributed by atoms with van der Waals surface area (Å²) in [4.78, 5) is 17.6. The van der Waals surface area contributed by atoms with Gasteiger partial charge in [-0.25, -0.2) is 4.98 Å². The Hall–Kier alpha value is -3.60. The Morgan fingerprint density at radius 2 is 1.74 bits per heavy atom. The molecule has 0 saturated heterocycles. The predicted molar refractivity (Wildman–Crippen MR) is 106 cm³/mol. The summed E-state index contributed by atoms with van der Waals surface area (Å²) in [7, 11) is 1.60. The van der Waals surface area contributed by atoms with E-state index in [-0.39, 0.29) is 5.91 Å². The lowest BCUT2D eigenvalue weighted by Gasteiger charge is -2.09. The highest BCUT2D eigenvalue weighted by molar-refractivity contribution is 6.05. The molecule has 2 aromatic heterocycles. The Bertz CT molecular complexity index is 1100. The fourth-order valence-corrected chi connectivity index (χ4v) is 2.99. The van der Waals surface area contributed by atoms with Crippen molar-refractivity contribution < 1.29 is 9.53 Å². The van der Waals surface area contributed by atoms with E-state index in [0.717, 1.165) is 22.5 Å².